The first-order valence-electron chi connectivity index (χ1n) is 7.38. The molecule has 1 N–H and O–H groups in total. The first-order chi connectivity index (χ1) is 10.3. The van der Waals surface area contributed by atoms with Crippen molar-refractivity contribution in [2.24, 2.45) is 10.9 Å². The first-order valence-corrected chi connectivity index (χ1v) is 7.38. The highest BCUT2D eigenvalue weighted by molar-refractivity contribution is 5.80. The highest BCUT2D eigenvalue weighted by Crippen LogP contribution is 2.16. The van der Waals surface area contributed by atoms with Crippen molar-refractivity contribution in [1.82, 2.24) is 10.2 Å². The summed E-state index contributed by atoms with van der Waals surface area (Å²) in [5.74, 6) is 2.39. The van der Waals surface area contributed by atoms with E-state index in [-0.39, 0.29) is 0 Å². The van der Waals surface area contributed by atoms with E-state index in [4.69, 9.17) is 13.9 Å². The maximum atomic E-state index is 5.61. The van der Waals surface area contributed by atoms with Crippen molar-refractivity contribution < 1.29 is 13.9 Å². The van der Waals surface area contributed by atoms with Crippen LogP contribution in [0.1, 0.15) is 12.2 Å². The number of rotatable bonds is 7. The van der Waals surface area contributed by atoms with Gasteiger partial charge in [0.2, 0.25) is 0 Å². The summed E-state index contributed by atoms with van der Waals surface area (Å²) >= 11 is 0. The normalized spacial score (nSPS) is 19.2. The zero-order valence-electron chi connectivity index (χ0n) is 12.9. The summed E-state index contributed by atoms with van der Waals surface area (Å²) in [4.78, 5) is 6.61. The molecule has 0 bridgehead atoms. The van der Waals surface area contributed by atoms with Gasteiger partial charge in [-0.05, 0) is 18.6 Å². The average Bonchev–Trinajstić information content (AvgIpc) is 3.16. The van der Waals surface area contributed by atoms with Crippen LogP contribution in [0, 0.1) is 5.92 Å². The van der Waals surface area contributed by atoms with Crippen molar-refractivity contribution in [2.75, 3.05) is 47.1 Å². The Kier molecular flexibility index (Phi) is 6.56. The Morgan fingerprint density at radius 1 is 1.52 bits per heavy atom. The quantitative estimate of drug-likeness (QED) is 0.467. The molecule has 1 aromatic heterocycles. The molecule has 118 valence electrons. The molecule has 1 fully saturated rings. The van der Waals surface area contributed by atoms with E-state index in [0.29, 0.717) is 25.7 Å². The zero-order valence-corrected chi connectivity index (χ0v) is 12.9. The molecule has 1 aliphatic rings. The van der Waals surface area contributed by atoms with Gasteiger partial charge in [-0.1, -0.05) is 0 Å². The van der Waals surface area contributed by atoms with E-state index in [0.717, 1.165) is 37.8 Å². The second kappa shape index (κ2) is 8.69. The molecule has 6 nitrogen and oxygen atoms in total. The standard InChI is InChI=1S/C15H25N3O3/c1-16-15(17-10-14-4-3-7-21-14)18-6-5-13(11-18)12-20-9-8-19-2/h3-4,7,13H,5-6,8-12H2,1-2H3,(H,16,17). The summed E-state index contributed by atoms with van der Waals surface area (Å²) < 4.78 is 15.9. The van der Waals surface area contributed by atoms with Gasteiger partial charge in [-0.2, -0.15) is 0 Å². The van der Waals surface area contributed by atoms with Crippen LogP contribution in [0.5, 0.6) is 0 Å². The van der Waals surface area contributed by atoms with Crippen LogP contribution in [-0.4, -0.2) is 57.9 Å². The monoisotopic (exact) mass is 295 g/mol. The Labute approximate surface area is 126 Å². The summed E-state index contributed by atoms with van der Waals surface area (Å²) in [7, 11) is 3.50. The van der Waals surface area contributed by atoms with Crippen molar-refractivity contribution >= 4 is 5.96 Å². The highest BCUT2D eigenvalue weighted by Gasteiger charge is 2.24. The first kappa shape index (κ1) is 15.9. The SMILES string of the molecule is CN=C(NCc1ccco1)N1CCC(COCCOC)C1. The molecule has 0 saturated carbocycles. The van der Waals surface area contributed by atoms with Crippen molar-refractivity contribution in [1.29, 1.82) is 0 Å². The molecule has 0 amide bonds. The van der Waals surface area contributed by atoms with Gasteiger partial charge < -0.3 is 24.1 Å². The number of nitrogens with zero attached hydrogens (tertiary/aromatic N) is 2. The number of likely N-dealkylation sites (tertiary alicyclic amines) is 1. The second-order valence-electron chi connectivity index (χ2n) is 5.15. The Morgan fingerprint density at radius 3 is 3.14 bits per heavy atom. The fourth-order valence-electron chi connectivity index (χ4n) is 2.46. The Bertz CT molecular complexity index is 420. The molecular weight excluding hydrogens is 270 g/mol. The van der Waals surface area contributed by atoms with Gasteiger partial charge in [0.1, 0.15) is 5.76 Å². The number of hydrogen-bond acceptors (Lipinski definition) is 4. The van der Waals surface area contributed by atoms with E-state index in [1.165, 1.54) is 0 Å². The van der Waals surface area contributed by atoms with Gasteiger partial charge >= 0.3 is 0 Å². The van der Waals surface area contributed by atoms with Crippen LogP contribution in [0.4, 0.5) is 0 Å². The summed E-state index contributed by atoms with van der Waals surface area (Å²) in [6.07, 6.45) is 2.82. The molecule has 1 aliphatic heterocycles. The van der Waals surface area contributed by atoms with E-state index >= 15 is 0 Å². The van der Waals surface area contributed by atoms with Crippen LogP contribution in [0.3, 0.4) is 0 Å². The number of guanidine groups is 1. The van der Waals surface area contributed by atoms with E-state index in [1.54, 1.807) is 13.4 Å². The van der Waals surface area contributed by atoms with Gasteiger partial charge in [-0.15, -0.1) is 0 Å². The van der Waals surface area contributed by atoms with E-state index in [2.05, 4.69) is 15.2 Å². The number of hydrogen-bond donors (Lipinski definition) is 1. The van der Waals surface area contributed by atoms with Gasteiger partial charge in [-0.25, -0.2) is 0 Å². The Morgan fingerprint density at radius 2 is 2.43 bits per heavy atom. The minimum atomic E-state index is 0.559. The minimum absolute atomic E-state index is 0.559. The van der Waals surface area contributed by atoms with Crippen molar-refractivity contribution in [3.63, 3.8) is 0 Å². The molecule has 2 heterocycles. The third-order valence-corrected chi connectivity index (χ3v) is 3.58. The predicted octanol–water partition coefficient (Wildman–Crippen LogP) is 1.34. The van der Waals surface area contributed by atoms with E-state index in [9.17, 15) is 0 Å². The van der Waals surface area contributed by atoms with Crippen LogP contribution < -0.4 is 5.32 Å². The Hall–Kier alpha value is -1.53. The predicted molar refractivity (Wildman–Crippen MR) is 81.3 cm³/mol. The molecule has 1 unspecified atom stereocenters. The highest BCUT2D eigenvalue weighted by atomic mass is 16.5. The van der Waals surface area contributed by atoms with Gasteiger partial charge in [0, 0.05) is 33.2 Å². The molecule has 1 saturated heterocycles. The number of aliphatic imine (C=N–C) groups is 1. The third kappa shape index (κ3) is 5.06. The van der Waals surface area contributed by atoms with Crippen LogP contribution in [0.15, 0.2) is 27.8 Å². The Balaban J connectivity index is 1.71. The molecule has 21 heavy (non-hydrogen) atoms. The number of methoxy groups -OCH3 is 1. The zero-order chi connectivity index (χ0) is 14.9. The third-order valence-electron chi connectivity index (χ3n) is 3.58. The lowest BCUT2D eigenvalue weighted by atomic mass is 10.1. The maximum Gasteiger partial charge on any atom is 0.194 e. The summed E-state index contributed by atoms with van der Waals surface area (Å²) in [5.41, 5.74) is 0. The molecule has 0 spiro atoms. The van der Waals surface area contributed by atoms with Crippen molar-refractivity contribution in [2.45, 2.75) is 13.0 Å². The minimum Gasteiger partial charge on any atom is -0.467 e. The average molecular weight is 295 g/mol. The van der Waals surface area contributed by atoms with Crippen LogP contribution in [-0.2, 0) is 16.0 Å². The smallest absolute Gasteiger partial charge is 0.194 e. The van der Waals surface area contributed by atoms with Gasteiger partial charge in [0.05, 0.1) is 32.6 Å². The fraction of sp³-hybridized carbons (Fsp3) is 0.667. The van der Waals surface area contributed by atoms with E-state index < -0.39 is 0 Å². The summed E-state index contributed by atoms with van der Waals surface area (Å²) in [5, 5.41) is 3.33. The number of ether oxygens (including phenoxy) is 2. The van der Waals surface area contributed by atoms with Gasteiger partial charge in [0.25, 0.3) is 0 Å². The van der Waals surface area contributed by atoms with Crippen LogP contribution in [0.25, 0.3) is 0 Å². The van der Waals surface area contributed by atoms with Crippen LogP contribution in [0.2, 0.25) is 0 Å². The summed E-state index contributed by atoms with van der Waals surface area (Å²) in [6, 6.07) is 3.85. The number of nitrogens with one attached hydrogen (secondary N) is 1. The lowest BCUT2D eigenvalue weighted by Gasteiger charge is -2.21. The second-order valence-corrected chi connectivity index (χ2v) is 5.15. The molecule has 0 aliphatic carbocycles. The van der Waals surface area contributed by atoms with E-state index in [1.807, 2.05) is 19.2 Å². The molecule has 1 atom stereocenters. The topological polar surface area (TPSA) is 59.2 Å². The fourth-order valence-corrected chi connectivity index (χ4v) is 2.46. The maximum absolute atomic E-state index is 5.61. The van der Waals surface area contributed by atoms with Gasteiger partial charge in [0.15, 0.2) is 5.96 Å². The lowest BCUT2D eigenvalue weighted by molar-refractivity contribution is 0.0536. The van der Waals surface area contributed by atoms with Crippen molar-refractivity contribution in [3.8, 4) is 0 Å². The van der Waals surface area contributed by atoms with Crippen molar-refractivity contribution in [3.05, 3.63) is 24.2 Å². The van der Waals surface area contributed by atoms with Gasteiger partial charge in [-0.3, -0.25) is 4.99 Å². The molecule has 1 aromatic rings. The molecule has 2 rings (SSSR count). The number of furan rings is 1. The molecular formula is C15H25N3O3. The molecule has 6 heteroatoms. The summed E-state index contributed by atoms with van der Waals surface area (Å²) in [6.45, 7) is 4.75. The lowest BCUT2D eigenvalue weighted by Crippen LogP contribution is -2.39. The largest absolute Gasteiger partial charge is 0.467 e. The molecule has 0 radical (unpaired) electrons. The molecule has 0 aromatic carbocycles. The van der Waals surface area contributed by atoms with Crippen LogP contribution >= 0.6 is 0 Å².